The van der Waals surface area contributed by atoms with Gasteiger partial charge in [0.15, 0.2) is 0 Å². The second kappa shape index (κ2) is 5.36. The number of hydrogen-bond acceptors (Lipinski definition) is 4. The number of carbonyl (C=O) groups is 2. The molecule has 0 fully saturated rings. The zero-order valence-electron chi connectivity index (χ0n) is 4.04. The second-order valence-corrected chi connectivity index (χ2v) is 1.07. The van der Waals surface area contributed by atoms with E-state index < -0.39 is 11.9 Å². The molecule has 0 heterocycles. The summed E-state index contributed by atoms with van der Waals surface area (Å²) in [4.78, 5) is 19.0. The van der Waals surface area contributed by atoms with Gasteiger partial charge in [0.25, 0.3) is 0 Å². The van der Waals surface area contributed by atoms with Gasteiger partial charge in [-0.15, -0.1) is 0 Å². The van der Waals surface area contributed by atoms with Crippen molar-refractivity contribution in [3.05, 3.63) is 0 Å². The predicted octanol–water partition coefficient (Wildman–Crippen LogP) is -5.25. The molecule has 39 valence electrons. The Balaban J connectivity index is 0. The van der Waals surface area contributed by atoms with Crippen LogP contribution in [0.5, 0.6) is 0 Å². The monoisotopic (exact) mass is 193 g/mol. The summed E-state index contributed by atoms with van der Waals surface area (Å²) in [6.07, 6.45) is 0. The maximum atomic E-state index is 9.63. The fraction of sp³-hybridized carbons (Fsp3) is 0. The number of carbonyl (C=O) groups excluding carboxylic acids is 2. The fourth-order valence-electron chi connectivity index (χ4n) is 0.0340. The molecule has 0 N–H and O–H groups in total. The summed E-state index contributed by atoms with van der Waals surface area (Å²) in [5, 5.41) is 9.35. The molecule has 0 aromatic carbocycles. The maximum Gasteiger partial charge on any atom is 1.00 e. The topological polar surface area (TPSA) is 66.4 Å². The first-order chi connectivity index (χ1) is 3.18. The molecule has 0 saturated heterocycles. The molecule has 0 aromatic heterocycles. The van der Waals surface area contributed by atoms with Gasteiger partial charge in [0, 0.05) is 0 Å². The van der Waals surface area contributed by atoms with Gasteiger partial charge >= 0.3 is 69.1 Å². The summed E-state index contributed by atoms with van der Waals surface area (Å²) in [6.45, 7) is 0. The Kier molecular flexibility index (Phi) is 7.43. The Morgan fingerprint density at radius 3 is 1.88 bits per heavy atom. The summed E-state index contributed by atoms with van der Waals surface area (Å²) >= 11 is 0.908. The van der Waals surface area contributed by atoms with Crippen molar-refractivity contribution in [2.24, 2.45) is 0 Å². The van der Waals surface area contributed by atoms with Crippen molar-refractivity contribution in [2.45, 2.75) is 0 Å². The summed E-state index contributed by atoms with van der Waals surface area (Å²) in [7, 11) is 0. The molecular formula is C2LiMoO4. The minimum absolute atomic E-state index is 0. The minimum atomic E-state index is -1.81. The quantitative estimate of drug-likeness (QED) is 0.283. The summed E-state index contributed by atoms with van der Waals surface area (Å²) in [6, 6.07) is 0. The van der Waals surface area contributed by atoms with Crippen LogP contribution in [-0.4, -0.2) is 11.9 Å². The Morgan fingerprint density at radius 1 is 1.50 bits per heavy atom. The molecule has 0 saturated carbocycles. The van der Waals surface area contributed by atoms with Crippen molar-refractivity contribution in [1.29, 1.82) is 0 Å². The Bertz CT molecular complexity index is 102. The van der Waals surface area contributed by atoms with Gasteiger partial charge in [-0.3, -0.25) is 0 Å². The van der Waals surface area contributed by atoms with Gasteiger partial charge in [0.05, 0.1) is 0 Å². The molecule has 0 rings (SSSR count). The third-order valence-electron chi connectivity index (χ3n) is 0.242. The molecule has 0 aromatic rings. The van der Waals surface area contributed by atoms with Crippen molar-refractivity contribution >= 4 is 11.9 Å². The molecule has 0 bridgehead atoms. The van der Waals surface area contributed by atoms with Crippen LogP contribution in [0.25, 0.3) is 0 Å². The molecule has 0 unspecified atom stereocenters. The van der Waals surface area contributed by atoms with E-state index in [1.54, 1.807) is 0 Å². The standard InChI is InChI=1S/C2H2O4.Li.Mo/c3-1(4)2(5)6;;/h(H,3,4)(H,5,6);;/q;2*+1/p-2. The van der Waals surface area contributed by atoms with Crippen LogP contribution in [0, 0.1) is 0 Å². The van der Waals surface area contributed by atoms with Crippen LogP contribution in [-0.2, 0) is 33.2 Å². The predicted molar refractivity (Wildman–Crippen MR) is 11.1 cm³/mol. The van der Waals surface area contributed by atoms with Crippen LogP contribution in [0.15, 0.2) is 0 Å². The summed E-state index contributed by atoms with van der Waals surface area (Å²) < 4.78 is 3.72. The Morgan fingerprint density at radius 2 is 1.88 bits per heavy atom. The van der Waals surface area contributed by atoms with Crippen molar-refractivity contribution < 1.29 is 57.1 Å². The molecule has 4 nitrogen and oxygen atoms in total. The molecule has 0 radical (unpaired) electrons. The van der Waals surface area contributed by atoms with Gasteiger partial charge in [0.1, 0.15) is 0 Å². The largest absolute Gasteiger partial charge is 1.00 e. The van der Waals surface area contributed by atoms with Crippen LogP contribution >= 0.6 is 0 Å². The zero-order valence-corrected chi connectivity index (χ0v) is 6.05. The van der Waals surface area contributed by atoms with E-state index >= 15 is 0 Å². The maximum absolute atomic E-state index is 9.63. The average molecular weight is 191 g/mol. The van der Waals surface area contributed by atoms with Gasteiger partial charge in [-0.2, -0.15) is 0 Å². The molecule has 6 heteroatoms. The molecule has 0 spiro atoms. The van der Waals surface area contributed by atoms with E-state index in [2.05, 4.69) is 3.39 Å². The Hall–Kier alpha value is 0.226. The van der Waals surface area contributed by atoms with Crippen molar-refractivity contribution in [3.8, 4) is 0 Å². The molecule has 0 atom stereocenters. The van der Waals surface area contributed by atoms with E-state index in [9.17, 15) is 14.7 Å². The first-order valence-electron chi connectivity index (χ1n) is 1.23. The third-order valence-corrected chi connectivity index (χ3v) is 0.614. The van der Waals surface area contributed by atoms with Crippen LogP contribution in [0.4, 0.5) is 0 Å². The first-order valence-corrected chi connectivity index (χ1v) is 2.05. The average Bonchev–Trinajstić information content (AvgIpc) is 1.65. The van der Waals surface area contributed by atoms with Gasteiger partial charge in [-0.25, -0.2) is 0 Å². The molecule has 0 amide bonds. The van der Waals surface area contributed by atoms with E-state index in [1.807, 2.05) is 0 Å². The number of rotatable bonds is 0. The van der Waals surface area contributed by atoms with Crippen molar-refractivity contribution in [1.82, 2.24) is 0 Å². The smallest absolute Gasteiger partial charge is 1.00 e. The third kappa shape index (κ3) is 4.39. The van der Waals surface area contributed by atoms with E-state index in [4.69, 9.17) is 0 Å². The number of carboxylic acids is 1. The molecular weight excluding hydrogens is 191 g/mol. The van der Waals surface area contributed by atoms with Crippen LogP contribution in [0.3, 0.4) is 0 Å². The summed E-state index contributed by atoms with van der Waals surface area (Å²) in [5.41, 5.74) is 0. The molecule has 0 aliphatic rings. The number of aliphatic carboxylic acids is 1. The van der Waals surface area contributed by atoms with E-state index in [-0.39, 0.29) is 18.9 Å². The first kappa shape index (κ1) is 11.1. The van der Waals surface area contributed by atoms with Crippen LogP contribution in [0.1, 0.15) is 0 Å². The Labute approximate surface area is 69.1 Å². The molecule has 8 heavy (non-hydrogen) atoms. The van der Waals surface area contributed by atoms with Gasteiger partial charge in [0.2, 0.25) is 0 Å². The van der Waals surface area contributed by atoms with Gasteiger partial charge in [-0.1, -0.05) is 0 Å². The van der Waals surface area contributed by atoms with E-state index in [0.29, 0.717) is 0 Å². The van der Waals surface area contributed by atoms with E-state index in [0.717, 1.165) is 20.2 Å². The van der Waals surface area contributed by atoms with Crippen molar-refractivity contribution in [3.63, 3.8) is 0 Å². The summed E-state index contributed by atoms with van der Waals surface area (Å²) in [5.74, 6) is -3.16. The van der Waals surface area contributed by atoms with Crippen molar-refractivity contribution in [2.75, 3.05) is 0 Å². The van der Waals surface area contributed by atoms with Gasteiger partial charge < -0.3 is 0 Å². The zero-order chi connectivity index (χ0) is 5.86. The number of carboxylic acid groups (broad SMARTS) is 1. The van der Waals surface area contributed by atoms with Crippen LogP contribution < -0.4 is 24.0 Å². The van der Waals surface area contributed by atoms with E-state index in [1.165, 1.54) is 0 Å². The SMILES string of the molecule is O=C([O-])C(=O)[O][Mo].[Li+]. The molecule has 0 aliphatic heterocycles. The fourth-order valence-corrected chi connectivity index (χ4v) is 0.201. The minimum Gasteiger partial charge on any atom is 1.00 e. The van der Waals surface area contributed by atoms with Gasteiger partial charge in [-0.05, 0) is 0 Å². The van der Waals surface area contributed by atoms with Crippen LogP contribution in [0.2, 0.25) is 0 Å². The number of hydrogen-bond donors (Lipinski definition) is 0. The second-order valence-electron chi connectivity index (χ2n) is 0.658. The molecule has 0 aliphatic carbocycles. The normalized spacial score (nSPS) is 6.50.